The zero-order chi connectivity index (χ0) is 15.6. The molecule has 0 aliphatic carbocycles. The van der Waals surface area contributed by atoms with Crippen LogP contribution >= 0.6 is 0 Å². The number of nitrogen functional groups attached to an aromatic ring is 1. The fraction of sp³-hybridized carbons (Fsp3) is 0.0714. The molecule has 0 unspecified atom stereocenters. The molecule has 0 heterocycles. The van der Waals surface area contributed by atoms with E-state index in [0.29, 0.717) is 5.69 Å². The van der Waals surface area contributed by atoms with Gasteiger partial charge < -0.3 is 16.8 Å². The summed E-state index contributed by atoms with van der Waals surface area (Å²) >= 11 is 0. The van der Waals surface area contributed by atoms with E-state index in [1.165, 1.54) is 30.3 Å². The Bertz CT molecular complexity index is 683. The van der Waals surface area contributed by atoms with Crippen LogP contribution in [0.4, 0.5) is 30.2 Å². The van der Waals surface area contributed by atoms with Gasteiger partial charge in [-0.05, 0) is 36.4 Å². The summed E-state index contributed by atoms with van der Waals surface area (Å²) in [6.07, 6.45) is -4.44. The van der Waals surface area contributed by atoms with Crippen LogP contribution in [-0.4, -0.2) is 5.91 Å². The normalized spacial score (nSPS) is 11.2. The number of anilines is 3. The van der Waals surface area contributed by atoms with Crippen LogP contribution in [0.25, 0.3) is 0 Å². The first-order valence-corrected chi connectivity index (χ1v) is 5.91. The summed E-state index contributed by atoms with van der Waals surface area (Å²) in [7, 11) is 0. The molecule has 2 aromatic carbocycles. The van der Waals surface area contributed by atoms with Crippen molar-refractivity contribution in [2.45, 2.75) is 6.18 Å². The van der Waals surface area contributed by atoms with Crippen LogP contribution in [0.15, 0.2) is 42.5 Å². The Morgan fingerprint density at radius 2 is 1.81 bits per heavy atom. The first-order chi connectivity index (χ1) is 9.77. The monoisotopic (exact) mass is 295 g/mol. The molecule has 0 aromatic heterocycles. The maximum Gasteiger partial charge on any atom is 0.416 e. The molecule has 0 radical (unpaired) electrons. The smallest absolute Gasteiger partial charge is 0.399 e. The third-order valence-electron chi connectivity index (χ3n) is 2.78. The number of nitrogens with two attached hydrogens (primary N) is 2. The largest absolute Gasteiger partial charge is 0.416 e. The minimum atomic E-state index is -4.44. The lowest BCUT2D eigenvalue weighted by Gasteiger charge is -2.13. The molecular formula is C14H12F3N3O. The summed E-state index contributed by atoms with van der Waals surface area (Å²) in [5.41, 5.74) is 10.9. The number of amides is 1. The van der Waals surface area contributed by atoms with Gasteiger partial charge in [-0.2, -0.15) is 13.2 Å². The first kappa shape index (κ1) is 14.7. The Balaban J connectivity index is 2.37. The van der Waals surface area contributed by atoms with E-state index in [-0.39, 0.29) is 16.9 Å². The standard InChI is InChI=1S/C14H12F3N3O/c15-14(16,17)8-2-1-3-10(6-8)20-12-5-4-9(18)7-11(12)13(19)21/h1-7,20H,18H2,(H2,19,21). The highest BCUT2D eigenvalue weighted by Gasteiger charge is 2.30. The number of alkyl halides is 3. The lowest BCUT2D eigenvalue weighted by molar-refractivity contribution is -0.137. The number of hydrogen-bond acceptors (Lipinski definition) is 3. The van der Waals surface area contributed by atoms with E-state index >= 15 is 0 Å². The van der Waals surface area contributed by atoms with E-state index in [9.17, 15) is 18.0 Å². The maximum absolute atomic E-state index is 12.6. The molecule has 0 aliphatic heterocycles. The molecule has 5 N–H and O–H groups in total. The highest BCUT2D eigenvalue weighted by atomic mass is 19.4. The topological polar surface area (TPSA) is 81.1 Å². The van der Waals surface area contributed by atoms with E-state index in [4.69, 9.17) is 11.5 Å². The van der Waals surface area contributed by atoms with Crippen molar-refractivity contribution >= 4 is 23.0 Å². The van der Waals surface area contributed by atoms with Crippen molar-refractivity contribution in [3.63, 3.8) is 0 Å². The second-order valence-corrected chi connectivity index (χ2v) is 4.37. The zero-order valence-corrected chi connectivity index (χ0v) is 10.7. The molecular weight excluding hydrogens is 283 g/mol. The molecule has 21 heavy (non-hydrogen) atoms. The van der Waals surface area contributed by atoms with Crippen molar-refractivity contribution in [1.29, 1.82) is 0 Å². The van der Waals surface area contributed by atoms with Gasteiger partial charge in [0, 0.05) is 11.4 Å². The Kier molecular flexibility index (Phi) is 3.75. The second-order valence-electron chi connectivity index (χ2n) is 4.37. The van der Waals surface area contributed by atoms with E-state index in [1.807, 2.05) is 0 Å². The molecule has 0 bridgehead atoms. The molecule has 1 amide bonds. The molecule has 0 saturated heterocycles. The quantitative estimate of drug-likeness (QED) is 0.761. The molecule has 0 saturated carbocycles. The van der Waals surface area contributed by atoms with Gasteiger partial charge in [-0.25, -0.2) is 0 Å². The fourth-order valence-electron chi connectivity index (χ4n) is 1.80. The average Bonchev–Trinajstić information content (AvgIpc) is 2.40. The lowest BCUT2D eigenvalue weighted by atomic mass is 10.1. The van der Waals surface area contributed by atoms with Crippen LogP contribution in [0, 0.1) is 0 Å². The Hall–Kier alpha value is -2.70. The van der Waals surface area contributed by atoms with Crippen LogP contribution in [0.3, 0.4) is 0 Å². The molecule has 0 atom stereocenters. The Morgan fingerprint density at radius 1 is 1.10 bits per heavy atom. The van der Waals surface area contributed by atoms with Gasteiger partial charge in [-0.15, -0.1) is 0 Å². The van der Waals surface area contributed by atoms with Gasteiger partial charge in [-0.3, -0.25) is 4.79 Å². The summed E-state index contributed by atoms with van der Waals surface area (Å²) in [5, 5.41) is 2.74. The van der Waals surface area contributed by atoms with E-state index in [0.717, 1.165) is 12.1 Å². The van der Waals surface area contributed by atoms with E-state index in [1.54, 1.807) is 0 Å². The summed E-state index contributed by atoms with van der Waals surface area (Å²) < 4.78 is 37.9. The summed E-state index contributed by atoms with van der Waals surface area (Å²) in [5.74, 6) is -0.725. The number of carbonyl (C=O) groups excluding carboxylic acids is 1. The zero-order valence-electron chi connectivity index (χ0n) is 10.7. The van der Waals surface area contributed by atoms with Crippen molar-refractivity contribution in [3.05, 3.63) is 53.6 Å². The Labute approximate surface area is 118 Å². The minimum absolute atomic E-state index is 0.104. The molecule has 2 aromatic rings. The molecule has 2 rings (SSSR count). The number of carbonyl (C=O) groups is 1. The number of primary amides is 1. The minimum Gasteiger partial charge on any atom is -0.399 e. The van der Waals surface area contributed by atoms with Crippen molar-refractivity contribution in [2.75, 3.05) is 11.1 Å². The number of rotatable bonds is 3. The molecule has 4 nitrogen and oxygen atoms in total. The SMILES string of the molecule is NC(=O)c1cc(N)ccc1Nc1cccc(C(F)(F)F)c1. The summed E-state index contributed by atoms with van der Waals surface area (Å²) in [4.78, 5) is 11.3. The Morgan fingerprint density at radius 3 is 2.43 bits per heavy atom. The van der Waals surface area contributed by atoms with Gasteiger partial charge in [0.15, 0.2) is 0 Å². The number of benzene rings is 2. The predicted octanol–water partition coefficient (Wildman–Crippen LogP) is 3.13. The van der Waals surface area contributed by atoms with Crippen LogP contribution in [0.2, 0.25) is 0 Å². The molecule has 110 valence electrons. The number of halogens is 3. The van der Waals surface area contributed by atoms with Crippen LogP contribution < -0.4 is 16.8 Å². The number of nitrogens with one attached hydrogen (secondary N) is 1. The summed E-state index contributed by atoms with van der Waals surface area (Å²) in [6, 6.07) is 8.99. The molecule has 0 aliphatic rings. The average molecular weight is 295 g/mol. The first-order valence-electron chi connectivity index (χ1n) is 5.91. The van der Waals surface area contributed by atoms with E-state index in [2.05, 4.69) is 5.32 Å². The van der Waals surface area contributed by atoms with E-state index < -0.39 is 17.6 Å². The second kappa shape index (κ2) is 5.35. The number of hydrogen-bond donors (Lipinski definition) is 3. The van der Waals surface area contributed by atoms with Gasteiger partial charge in [0.1, 0.15) is 0 Å². The van der Waals surface area contributed by atoms with Gasteiger partial charge in [0.25, 0.3) is 5.91 Å². The van der Waals surface area contributed by atoms with Crippen LogP contribution in [0.1, 0.15) is 15.9 Å². The van der Waals surface area contributed by atoms with Gasteiger partial charge in [-0.1, -0.05) is 6.07 Å². The van der Waals surface area contributed by atoms with Crippen molar-refractivity contribution in [1.82, 2.24) is 0 Å². The van der Waals surface area contributed by atoms with Crippen LogP contribution in [0.5, 0.6) is 0 Å². The molecule has 0 spiro atoms. The highest BCUT2D eigenvalue weighted by molar-refractivity contribution is 6.00. The maximum atomic E-state index is 12.6. The van der Waals surface area contributed by atoms with Gasteiger partial charge in [0.05, 0.1) is 16.8 Å². The van der Waals surface area contributed by atoms with Gasteiger partial charge in [0.2, 0.25) is 0 Å². The molecule has 7 heteroatoms. The lowest BCUT2D eigenvalue weighted by Crippen LogP contribution is -2.14. The van der Waals surface area contributed by atoms with Gasteiger partial charge >= 0.3 is 6.18 Å². The summed E-state index contributed by atoms with van der Waals surface area (Å²) in [6.45, 7) is 0. The highest BCUT2D eigenvalue weighted by Crippen LogP contribution is 2.32. The third kappa shape index (κ3) is 3.44. The predicted molar refractivity (Wildman–Crippen MR) is 74.1 cm³/mol. The van der Waals surface area contributed by atoms with Crippen LogP contribution in [-0.2, 0) is 6.18 Å². The van der Waals surface area contributed by atoms with Crippen molar-refractivity contribution in [3.8, 4) is 0 Å². The fourth-order valence-corrected chi connectivity index (χ4v) is 1.80. The molecule has 0 fully saturated rings. The van der Waals surface area contributed by atoms with Crippen molar-refractivity contribution < 1.29 is 18.0 Å². The van der Waals surface area contributed by atoms with Crippen molar-refractivity contribution in [2.24, 2.45) is 5.73 Å². The third-order valence-corrected chi connectivity index (χ3v) is 2.78.